The van der Waals surface area contributed by atoms with Crippen molar-refractivity contribution in [3.05, 3.63) is 12.7 Å². The molecule has 0 aliphatic heterocycles. The number of unbranched alkanes of at least 4 members (excludes halogenated alkanes) is 3. The first kappa shape index (κ1) is 13.7. The van der Waals surface area contributed by atoms with Crippen LogP contribution in [0.25, 0.3) is 0 Å². The fraction of sp³-hybridized carbons (Fsp3) is 0.833. The molecule has 0 aromatic heterocycles. The quantitative estimate of drug-likeness (QED) is 0.428. The minimum Gasteiger partial charge on any atom is -0.315 e. The molecule has 0 heterocycles. The fourth-order valence-corrected chi connectivity index (χ4v) is 1.27. The molecule has 84 valence electrons. The first-order valence-electron chi connectivity index (χ1n) is 5.81. The molecule has 2 heteroatoms. The Kier molecular flexibility index (Phi) is 10.5. The summed E-state index contributed by atoms with van der Waals surface area (Å²) < 4.78 is 0. The van der Waals surface area contributed by atoms with Crippen molar-refractivity contribution in [3.8, 4) is 0 Å². The Labute approximate surface area is 89.4 Å². The average Bonchev–Trinajstić information content (AvgIpc) is 2.21. The minimum atomic E-state index is 1.12. The maximum atomic E-state index is 3.72. The Hall–Kier alpha value is -0.340. The molecule has 14 heavy (non-hydrogen) atoms. The molecule has 2 nitrogen and oxygen atoms in total. The van der Waals surface area contributed by atoms with E-state index in [0.29, 0.717) is 0 Å². The summed E-state index contributed by atoms with van der Waals surface area (Å²) in [7, 11) is 2.16. The molecule has 0 bridgehead atoms. The predicted molar refractivity (Wildman–Crippen MR) is 64.7 cm³/mol. The smallest absolute Gasteiger partial charge is 0.0104 e. The number of nitrogens with zero attached hydrogens (tertiary/aromatic N) is 1. The standard InChI is InChI=1S/C12H26N2/c1-4-6-7-8-9-10-13-11-12-14(3)5-2/h4,13H,1,5-12H2,2-3H3. The van der Waals surface area contributed by atoms with Gasteiger partial charge in [-0.15, -0.1) is 6.58 Å². The summed E-state index contributed by atoms with van der Waals surface area (Å²) in [5.74, 6) is 0. The highest BCUT2D eigenvalue weighted by atomic mass is 15.1. The number of nitrogens with one attached hydrogen (secondary N) is 1. The number of hydrogen-bond acceptors (Lipinski definition) is 2. The molecule has 0 aromatic rings. The van der Waals surface area contributed by atoms with Gasteiger partial charge in [0.2, 0.25) is 0 Å². The molecule has 0 aromatic carbocycles. The number of hydrogen-bond donors (Lipinski definition) is 1. The molecule has 0 aliphatic carbocycles. The van der Waals surface area contributed by atoms with Crippen LogP contribution in [0.2, 0.25) is 0 Å². The minimum absolute atomic E-state index is 1.12. The van der Waals surface area contributed by atoms with Crippen LogP contribution in [-0.2, 0) is 0 Å². The van der Waals surface area contributed by atoms with Crippen molar-refractivity contribution in [2.45, 2.75) is 32.6 Å². The van der Waals surface area contributed by atoms with Crippen LogP contribution in [0.3, 0.4) is 0 Å². The van der Waals surface area contributed by atoms with Crippen molar-refractivity contribution >= 4 is 0 Å². The molecule has 0 saturated carbocycles. The van der Waals surface area contributed by atoms with Crippen LogP contribution in [0.1, 0.15) is 32.6 Å². The molecule has 1 N–H and O–H groups in total. The maximum Gasteiger partial charge on any atom is 0.0104 e. The van der Waals surface area contributed by atoms with Gasteiger partial charge in [-0.05, 0) is 39.4 Å². The van der Waals surface area contributed by atoms with Crippen LogP contribution >= 0.6 is 0 Å². The van der Waals surface area contributed by atoms with E-state index in [9.17, 15) is 0 Å². The van der Waals surface area contributed by atoms with E-state index in [-0.39, 0.29) is 0 Å². The Balaban J connectivity index is 2.95. The van der Waals surface area contributed by atoms with Crippen molar-refractivity contribution < 1.29 is 0 Å². The Morgan fingerprint density at radius 3 is 2.64 bits per heavy atom. The lowest BCUT2D eigenvalue weighted by atomic mass is 10.2. The molecule has 0 atom stereocenters. The van der Waals surface area contributed by atoms with Crippen LogP contribution in [0, 0.1) is 0 Å². The summed E-state index contributed by atoms with van der Waals surface area (Å²) in [6.45, 7) is 10.5. The second-order valence-electron chi connectivity index (χ2n) is 3.78. The van der Waals surface area contributed by atoms with E-state index in [2.05, 4.69) is 30.8 Å². The average molecular weight is 198 g/mol. The fourth-order valence-electron chi connectivity index (χ4n) is 1.27. The van der Waals surface area contributed by atoms with Gasteiger partial charge in [-0.2, -0.15) is 0 Å². The van der Waals surface area contributed by atoms with Gasteiger partial charge in [-0.1, -0.05) is 19.4 Å². The first-order chi connectivity index (χ1) is 6.81. The van der Waals surface area contributed by atoms with Gasteiger partial charge in [0, 0.05) is 13.1 Å². The summed E-state index contributed by atoms with van der Waals surface area (Å²) in [6.07, 6.45) is 7.08. The zero-order valence-corrected chi connectivity index (χ0v) is 9.89. The Bertz CT molecular complexity index is 123. The molecule has 0 spiro atoms. The molecule has 0 saturated heterocycles. The first-order valence-corrected chi connectivity index (χ1v) is 5.81. The maximum absolute atomic E-state index is 3.72. The van der Waals surface area contributed by atoms with Crippen molar-refractivity contribution in [2.24, 2.45) is 0 Å². The third-order valence-corrected chi connectivity index (χ3v) is 2.47. The van der Waals surface area contributed by atoms with E-state index < -0.39 is 0 Å². The summed E-state index contributed by atoms with van der Waals surface area (Å²) in [5.41, 5.74) is 0. The van der Waals surface area contributed by atoms with Crippen molar-refractivity contribution in [1.82, 2.24) is 10.2 Å². The Morgan fingerprint density at radius 1 is 1.21 bits per heavy atom. The van der Waals surface area contributed by atoms with E-state index in [0.717, 1.165) is 26.2 Å². The lowest BCUT2D eigenvalue weighted by Gasteiger charge is -2.13. The lowest BCUT2D eigenvalue weighted by molar-refractivity contribution is 0.348. The molecular weight excluding hydrogens is 172 g/mol. The molecule has 0 aliphatic rings. The zero-order chi connectivity index (χ0) is 10.6. The number of allylic oxidation sites excluding steroid dienone is 1. The second-order valence-corrected chi connectivity index (χ2v) is 3.78. The van der Waals surface area contributed by atoms with E-state index in [1.165, 1.54) is 25.7 Å². The second kappa shape index (κ2) is 10.7. The largest absolute Gasteiger partial charge is 0.315 e. The van der Waals surface area contributed by atoms with Gasteiger partial charge in [0.05, 0.1) is 0 Å². The van der Waals surface area contributed by atoms with Crippen LogP contribution in [0.4, 0.5) is 0 Å². The topological polar surface area (TPSA) is 15.3 Å². The molecule has 0 radical (unpaired) electrons. The van der Waals surface area contributed by atoms with Crippen LogP contribution in [0.5, 0.6) is 0 Å². The van der Waals surface area contributed by atoms with Gasteiger partial charge in [0.25, 0.3) is 0 Å². The molecule has 0 fully saturated rings. The number of rotatable bonds is 10. The van der Waals surface area contributed by atoms with E-state index in [4.69, 9.17) is 0 Å². The normalized spacial score (nSPS) is 10.8. The van der Waals surface area contributed by atoms with Gasteiger partial charge < -0.3 is 10.2 Å². The summed E-state index contributed by atoms with van der Waals surface area (Å²) >= 11 is 0. The van der Waals surface area contributed by atoms with E-state index >= 15 is 0 Å². The van der Waals surface area contributed by atoms with Gasteiger partial charge >= 0.3 is 0 Å². The van der Waals surface area contributed by atoms with Gasteiger partial charge in [-0.3, -0.25) is 0 Å². The van der Waals surface area contributed by atoms with Gasteiger partial charge in [-0.25, -0.2) is 0 Å². The Morgan fingerprint density at radius 2 is 2.00 bits per heavy atom. The van der Waals surface area contributed by atoms with E-state index in [1.54, 1.807) is 0 Å². The van der Waals surface area contributed by atoms with Crippen molar-refractivity contribution in [1.29, 1.82) is 0 Å². The lowest BCUT2D eigenvalue weighted by Crippen LogP contribution is -2.29. The van der Waals surface area contributed by atoms with Crippen LogP contribution in [-0.4, -0.2) is 38.1 Å². The zero-order valence-electron chi connectivity index (χ0n) is 9.89. The van der Waals surface area contributed by atoms with Gasteiger partial charge in [0.15, 0.2) is 0 Å². The summed E-state index contributed by atoms with van der Waals surface area (Å²) in [6, 6.07) is 0. The number of likely N-dealkylation sites (N-methyl/N-ethyl adjacent to an activating group) is 1. The van der Waals surface area contributed by atoms with Crippen LogP contribution in [0.15, 0.2) is 12.7 Å². The molecule has 0 rings (SSSR count). The predicted octanol–water partition coefficient (Wildman–Crippen LogP) is 2.27. The SMILES string of the molecule is C=CCCCCCNCCN(C)CC. The van der Waals surface area contributed by atoms with Crippen LogP contribution < -0.4 is 5.32 Å². The molecular formula is C12H26N2. The van der Waals surface area contributed by atoms with E-state index in [1.807, 2.05) is 6.08 Å². The van der Waals surface area contributed by atoms with Gasteiger partial charge in [0.1, 0.15) is 0 Å². The third kappa shape index (κ3) is 9.75. The highest BCUT2D eigenvalue weighted by Gasteiger charge is 1.93. The molecule has 0 amide bonds. The summed E-state index contributed by atoms with van der Waals surface area (Å²) in [5, 5.41) is 3.46. The summed E-state index contributed by atoms with van der Waals surface area (Å²) in [4.78, 5) is 2.32. The van der Waals surface area contributed by atoms with Crippen molar-refractivity contribution in [2.75, 3.05) is 33.2 Å². The highest BCUT2D eigenvalue weighted by molar-refractivity contribution is 4.65. The third-order valence-electron chi connectivity index (χ3n) is 2.47. The molecule has 0 unspecified atom stereocenters. The monoisotopic (exact) mass is 198 g/mol. The van der Waals surface area contributed by atoms with Crippen molar-refractivity contribution in [3.63, 3.8) is 0 Å². The highest BCUT2D eigenvalue weighted by Crippen LogP contribution is 1.98.